The molecule has 0 atom stereocenters. The molecule has 4 rings (SSSR count). The van der Waals surface area contributed by atoms with E-state index in [-0.39, 0.29) is 11.7 Å². The van der Waals surface area contributed by atoms with Crippen molar-refractivity contribution in [3.05, 3.63) is 78.3 Å². The van der Waals surface area contributed by atoms with Crippen molar-refractivity contribution in [3.63, 3.8) is 0 Å². The van der Waals surface area contributed by atoms with Gasteiger partial charge in [-0.2, -0.15) is 0 Å². The SMILES string of the molecule is O=C(CSc1nnc(-c2ccco2)n1Cc1ccccc1)NNC(=O)c1ccc[nH]1. The molecule has 3 heterocycles. The number of carbonyl (C=O) groups excluding carboxylic acids is 2. The maximum atomic E-state index is 12.2. The van der Waals surface area contributed by atoms with Gasteiger partial charge in [0, 0.05) is 6.20 Å². The van der Waals surface area contributed by atoms with Crippen LogP contribution in [0.2, 0.25) is 0 Å². The zero-order valence-electron chi connectivity index (χ0n) is 15.7. The predicted molar refractivity (Wildman–Crippen MR) is 110 cm³/mol. The number of thioether (sulfide) groups is 1. The van der Waals surface area contributed by atoms with Gasteiger partial charge in [0.05, 0.1) is 18.6 Å². The van der Waals surface area contributed by atoms with Gasteiger partial charge in [-0.25, -0.2) is 0 Å². The highest BCUT2D eigenvalue weighted by Gasteiger charge is 2.18. The van der Waals surface area contributed by atoms with E-state index in [2.05, 4.69) is 26.0 Å². The van der Waals surface area contributed by atoms with Crippen molar-refractivity contribution >= 4 is 23.6 Å². The molecule has 152 valence electrons. The van der Waals surface area contributed by atoms with E-state index in [4.69, 9.17) is 4.42 Å². The molecule has 0 saturated carbocycles. The maximum absolute atomic E-state index is 12.2. The second-order valence-electron chi connectivity index (χ2n) is 6.23. The van der Waals surface area contributed by atoms with E-state index in [9.17, 15) is 9.59 Å². The minimum absolute atomic E-state index is 0.0517. The van der Waals surface area contributed by atoms with E-state index in [1.165, 1.54) is 11.8 Å². The molecule has 9 nitrogen and oxygen atoms in total. The van der Waals surface area contributed by atoms with Crippen LogP contribution in [0.1, 0.15) is 16.1 Å². The summed E-state index contributed by atoms with van der Waals surface area (Å²) in [6, 6.07) is 16.8. The lowest BCUT2D eigenvalue weighted by Gasteiger charge is -2.10. The molecule has 0 radical (unpaired) electrons. The molecule has 3 aromatic heterocycles. The van der Waals surface area contributed by atoms with Crippen LogP contribution < -0.4 is 10.9 Å². The first kappa shape index (κ1) is 19.5. The summed E-state index contributed by atoms with van der Waals surface area (Å²) in [7, 11) is 0. The monoisotopic (exact) mass is 422 g/mol. The van der Waals surface area contributed by atoms with Crippen LogP contribution in [-0.4, -0.2) is 37.3 Å². The van der Waals surface area contributed by atoms with Gasteiger partial charge in [0.25, 0.3) is 5.91 Å². The number of amides is 2. The van der Waals surface area contributed by atoms with Crippen LogP contribution in [-0.2, 0) is 11.3 Å². The van der Waals surface area contributed by atoms with Crippen LogP contribution in [0.3, 0.4) is 0 Å². The molecule has 4 aromatic rings. The minimum atomic E-state index is -0.425. The van der Waals surface area contributed by atoms with Crippen LogP contribution in [0.25, 0.3) is 11.6 Å². The maximum Gasteiger partial charge on any atom is 0.286 e. The Bertz CT molecular complexity index is 1110. The van der Waals surface area contributed by atoms with Crippen LogP contribution in [0.5, 0.6) is 0 Å². The number of furan rings is 1. The first-order valence-corrected chi connectivity index (χ1v) is 10.1. The van der Waals surface area contributed by atoms with E-state index in [1.807, 2.05) is 41.0 Å². The summed E-state index contributed by atoms with van der Waals surface area (Å²) in [6.45, 7) is 0.525. The Balaban J connectivity index is 1.43. The molecule has 1 aromatic carbocycles. The number of hydrogen-bond donors (Lipinski definition) is 3. The number of nitrogens with one attached hydrogen (secondary N) is 3. The summed E-state index contributed by atoms with van der Waals surface area (Å²) in [5.41, 5.74) is 6.17. The fourth-order valence-electron chi connectivity index (χ4n) is 2.72. The topological polar surface area (TPSA) is 118 Å². The molecule has 0 aliphatic carbocycles. The largest absolute Gasteiger partial charge is 0.461 e. The van der Waals surface area contributed by atoms with Crippen molar-refractivity contribution in [2.45, 2.75) is 11.7 Å². The predicted octanol–water partition coefficient (Wildman–Crippen LogP) is 2.47. The molecule has 0 saturated heterocycles. The standard InChI is InChI=1S/C20H18N6O3S/c27-17(22-24-19(28)15-8-4-10-21-15)13-30-20-25-23-18(16-9-5-11-29-16)26(20)12-14-6-2-1-3-7-14/h1-11,21H,12-13H2,(H,22,27)(H,24,28). The summed E-state index contributed by atoms with van der Waals surface area (Å²) in [4.78, 5) is 26.8. The van der Waals surface area contributed by atoms with Crippen LogP contribution in [0, 0.1) is 0 Å². The number of carbonyl (C=O) groups is 2. The number of nitrogens with zero attached hydrogens (tertiary/aromatic N) is 3. The highest BCUT2D eigenvalue weighted by molar-refractivity contribution is 7.99. The van der Waals surface area contributed by atoms with Crippen LogP contribution in [0.15, 0.2) is 76.6 Å². The fraction of sp³-hybridized carbons (Fsp3) is 0.100. The smallest absolute Gasteiger partial charge is 0.286 e. The van der Waals surface area contributed by atoms with Gasteiger partial charge in [-0.3, -0.25) is 25.0 Å². The second-order valence-corrected chi connectivity index (χ2v) is 7.17. The van der Waals surface area contributed by atoms with Gasteiger partial charge >= 0.3 is 0 Å². The van der Waals surface area contributed by atoms with Crippen molar-refractivity contribution in [1.82, 2.24) is 30.6 Å². The first-order chi connectivity index (χ1) is 14.7. The van der Waals surface area contributed by atoms with E-state index in [0.29, 0.717) is 29.0 Å². The molecule has 0 bridgehead atoms. The number of hydrazine groups is 1. The second kappa shape index (κ2) is 9.14. The van der Waals surface area contributed by atoms with Crippen molar-refractivity contribution < 1.29 is 14.0 Å². The first-order valence-electron chi connectivity index (χ1n) is 9.07. The van der Waals surface area contributed by atoms with Gasteiger partial charge in [-0.1, -0.05) is 42.1 Å². The summed E-state index contributed by atoms with van der Waals surface area (Å²) in [5, 5.41) is 9.02. The molecule has 0 aliphatic rings. The molecule has 0 unspecified atom stereocenters. The molecule has 2 amide bonds. The molecule has 0 spiro atoms. The van der Waals surface area contributed by atoms with E-state index in [1.54, 1.807) is 30.7 Å². The Hall–Kier alpha value is -3.79. The summed E-state index contributed by atoms with van der Waals surface area (Å²) in [6.07, 6.45) is 3.20. The quantitative estimate of drug-likeness (QED) is 0.311. The molecule has 3 N–H and O–H groups in total. The van der Waals surface area contributed by atoms with Crippen molar-refractivity contribution in [3.8, 4) is 11.6 Å². The zero-order valence-corrected chi connectivity index (χ0v) is 16.6. The normalized spacial score (nSPS) is 10.7. The average molecular weight is 422 g/mol. The lowest BCUT2D eigenvalue weighted by atomic mass is 10.2. The lowest BCUT2D eigenvalue weighted by Crippen LogP contribution is -2.42. The molecule has 0 fully saturated rings. The number of H-pyrrole nitrogens is 1. The summed E-state index contributed by atoms with van der Waals surface area (Å²) in [5.74, 6) is 0.426. The summed E-state index contributed by atoms with van der Waals surface area (Å²) < 4.78 is 7.37. The van der Waals surface area contributed by atoms with Crippen molar-refractivity contribution in [2.75, 3.05) is 5.75 Å². The molecule has 30 heavy (non-hydrogen) atoms. The number of aromatic amines is 1. The highest BCUT2D eigenvalue weighted by Crippen LogP contribution is 2.25. The van der Waals surface area contributed by atoms with E-state index in [0.717, 1.165) is 5.56 Å². The highest BCUT2D eigenvalue weighted by atomic mass is 32.2. The van der Waals surface area contributed by atoms with Crippen molar-refractivity contribution in [1.29, 1.82) is 0 Å². The Morgan fingerprint density at radius 1 is 1.03 bits per heavy atom. The van der Waals surface area contributed by atoms with E-state index < -0.39 is 5.91 Å². The third-order valence-electron chi connectivity index (χ3n) is 4.13. The number of rotatable bonds is 7. The van der Waals surface area contributed by atoms with Gasteiger partial charge in [0.2, 0.25) is 11.7 Å². The van der Waals surface area contributed by atoms with Crippen LogP contribution in [0.4, 0.5) is 0 Å². The van der Waals surface area contributed by atoms with Gasteiger partial charge in [-0.05, 0) is 29.8 Å². The third-order valence-corrected chi connectivity index (χ3v) is 5.10. The average Bonchev–Trinajstić information content (AvgIpc) is 3.53. The Morgan fingerprint density at radius 3 is 2.63 bits per heavy atom. The van der Waals surface area contributed by atoms with Crippen molar-refractivity contribution in [2.24, 2.45) is 0 Å². The molecule has 0 aliphatic heterocycles. The van der Waals surface area contributed by atoms with E-state index >= 15 is 0 Å². The lowest BCUT2D eigenvalue weighted by molar-refractivity contribution is -0.119. The summed E-state index contributed by atoms with van der Waals surface area (Å²) >= 11 is 1.22. The molecule has 10 heteroatoms. The van der Waals surface area contributed by atoms with Gasteiger partial charge < -0.3 is 9.40 Å². The minimum Gasteiger partial charge on any atom is -0.461 e. The third kappa shape index (κ3) is 4.61. The number of benzene rings is 1. The molecular formula is C20H18N6O3S. The zero-order chi connectivity index (χ0) is 20.8. The van der Waals surface area contributed by atoms with Gasteiger partial charge in [0.1, 0.15) is 5.69 Å². The Kier molecular flexibility index (Phi) is 5.95. The Morgan fingerprint density at radius 2 is 1.90 bits per heavy atom. The van der Waals surface area contributed by atoms with Gasteiger partial charge in [0.15, 0.2) is 10.9 Å². The molecular weight excluding hydrogens is 404 g/mol. The number of aromatic nitrogens is 4. The Labute approximate surface area is 175 Å². The number of hydrogen-bond acceptors (Lipinski definition) is 6. The van der Waals surface area contributed by atoms with Gasteiger partial charge in [-0.15, -0.1) is 10.2 Å². The van der Waals surface area contributed by atoms with Crippen LogP contribution >= 0.6 is 11.8 Å². The fourth-order valence-corrected chi connectivity index (χ4v) is 3.46.